The fourth-order valence-electron chi connectivity index (χ4n) is 2.99. The van der Waals surface area contributed by atoms with Crippen molar-refractivity contribution >= 4 is 0 Å². The molecule has 1 aliphatic carbocycles. The molecular weight excluding hydrogens is 206 g/mol. The fourth-order valence-corrected chi connectivity index (χ4v) is 2.99. The molecule has 0 spiro atoms. The van der Waals surface area contributed by atoms with Gasteiger partial charge in [0.05, 0.1) is 0 Å². The van der Waals surface area contributed by atoms with E-state index in [9.17, 15) is 0 Å². The summed E-state index contributed by atoms with van der Waals surface area (Å²) in [7, 11) is 0. The van der Waals surface area contributed by atoms with Gasteiger partial charge in [-0.15, -0.1) is 0 Å². The molecular formula is C16H25N. The van der Waals surface area contributed by atoms with E-state index in [0.29, 0.717) is 11.5 Å². The average Bonchev–Trinajstić information content (AvgIpc) is 3.05. The summed E-state index contributed by atoms with van der Waals surface area (Å²) in [5.41, 5.74) is 1.87. The molecule has 94 valence electrons. The van der Waals surface area contributed by atoms with Crippen molar-refractivity contribution in [2.24, 2.45) is 11.3 Å². The Morgan fingerprint density at radius 2 is 1.88 bits per heavy atom. The van der Waals surface area contributed by atoms with E-state index in [1.54, 1.807) is 0 Å². The average molecular weight is 231 g/mol. The maximum absolute atomic E-state index is 3.68. The van der Waals surface area contributed by atoms with Crippen LogP contribution in [0.5, 0.6) is 0 Å². The summed E-state index contributed by atoms with van der Waals surface area (Å²) in [4.78, 5) is 0. The maximum Gasteiger partial charge on any atom is 0.0150 e. The maximum atomic E-state index is 3.68. The molecule has 1 fully saturated rings. The Morgan fingerprint density at radius 1 is 1.24 bits per heavy atom. The van der Waals surface area contributed by atoms with Crippen LogP contribution < -0.4 is 5.32 Å². The first-order valence-corrected chi connectivity index (χ1v) is 6.82. The topological polar surface area (TPSA) is 12.0 Å². The van der Waals surface area contributed by atoms with Gasteiger partial charge < -0.3 is 5.32 Å². The Labute approximate surface area is 106 Å². The lowest BCUT2D eigenvalue weighted by molar-refractivity contribution is 0.242. The number of nitrogens with one attached hydrogen (secondary N) is 1. The van der Waals surface area contributed by atoms with Crippen LogP contribution in [0.25, 0.3) is 0 Å². The molecule has 0 aliphatic heterocycles. The second kappa shape index (κ2) is 4.81. The summed E-state index contributed by atoms with van der Waals surface area (Å²) in [5.74, 6) is 1.59. The van der Waals surface area contributed by atoms with Gasteiger partial charge in [-0.3, -0.25) is 0 Å². The van der Waals surface area contributed by atoms with Gasteiger partial charge in [0.1, 0.15) is 0 Å². The van der Waals surface area contributed by atoms with Crippen LogP contribution in [0.1, 0.15) is 45.6 Å². The van der Waals surface area contributed by atoms with Crippen molar-refractivity contribution in [1.82, 2.24) is 5.32 Å². The van der Waals surface area contributed by atoms with Gasteiger partial charge in [0, 0.05) is 6.04 Å². The molecule has 0 aromatic heterocycles. The SMILES string of the molecule is CCNC(C1CC1c1ccccc1)C(C)(C)C. The third kappa shape index (κ3) is 2.90. The van der Waals surface area contributed by atoms with E-state index in [-0.39, 0.29) is 0 Å². The normalized spacial score (nSPS) is 25.6. The van der Waals surface area contributed by atoms with Gasteiger partial charge in [0.15, 0.2) is 0 Å². The lowest BCUT2D eigenvalue weighted by Gasteiger charge is -2.32. The Morgan fingerprint density at radius 3 is 2.41 bits per heavy atom. The van der Waals surface area contributed by atoms with E-state index in [1.807, 2.05) is 0 Å². The van der Waals surface area contributed by atoms with Gasteiger partial charge in [-0.05, 0) is 35.8 Å². The van der Waals surface area contributed by atoms with Crippen molar-refractivity contribution in [3.8, 4) is 0 Å². The zero-order chi connectivity index (χ0) is 12.5. The van der Waals surface area contributed by atoms with Gasteiger partial charge in [0.25, 0.3) is 0 Å². The standard InChI is InChI=1S/C16H25N/c1-5-17-15(16(2,3)4)14-11-13(14)12-9-7-6-8-10-12/h6-10,13-15,17H,5,11H2,1-4H3. The van der Waals surface area contributed by atoms with Gasteiger partial charge >= 0.3 is 0 Å². The molecule has 17 heavy (non-hydrogen) atoms. The Balaban J connectivity index is 2.05. The molecule has 3 unspecified atom stereocenters. The van der Waals surface area contributed by atoms with Gasteiger partial charge in [-0.2, -0.15) is 0 Å². The van der Waals surface area contributed by atoms with Crippen LogP contribution in [0.4, 0.5) is 0 Å². The number of hydrogen-bond acceptors (Lipinski definition) is 1. The second-order valence-corrected chi connectivity index (χ2v) is 6.32. The smallest absolute Gasteiger partial charge is 0.0150 e. The van der Waals surface area contributed by atoms with Crippen LogP contribution in [-0.4, -0.2) is 12.6 Å². The predicted octanol–water partition coefficient (Wildman–Crippen LogP) is 3.81. The van der Waals surface area contributed by atoms with Crippen molar-refractivity contribution in [2.75, 3.05) is 6.54 Å². The van der Waals surface area contributed by atoms with Crippen LogP contribution in [0.3, 0.4) is 0 Å². The monoisotopic (exact) mass is 231 g/mol. The molecule has 1 aromatic carbocycles. The molecule has 0 heterocycles. The highest BCUT2D eigenvalue weighted by atomic mass is 14.9. The summed E-state index contributed by atoms with van der Waals surface area (Å²) in [5, 5.41) is 3.68. The first kappa shape index (κ1) is 12.6. The molecule has 1 aromatic rings. The van der Waals surface area contributed by atoms with Crippen LogP contribution in [-0.2, 0) is 0 Å². The van der Waals surface area contributed by atoms with Gasteiger partial charge in [0.2, 0.25) is 0 Å². The molecule has 0 amide bonds. The van der Waals surface area contributed by atoms with E-state index in [4.69, 9.17) is 0 Å². The first-order valence-electron chi connectivity index (χ1n) is 6.82. The molecule has 1 nitrogen and oxygen atoms in total. The molecule has 3 atom stereocenters. The van der Waals surface area contributed by atoms with Gasteiger partial charge in [-0.25, -0.2) is 0 Å². The minimum atomic E-state index is 0.351. The highest BCUT2D eigenvalue weighted by Crippen LogP contribution is 2.52. The second-order valence-electron chi connectivity index (χ2n) is 6.32. The van der Waals surface area contributed by atoms with Crippen molar-refractivity contribution in [2.45, 2.75) is 46.1 Å². The summed E-state index contributed by atoms with van der Waals surface area (Å²) in [6.45, 7) is 10.3. The van der Waals surface area contributed by atoms with E-state index in [2.05, 4.69) is 63.3 Å². The predicted molar refractivity (Wildman–Crippen MR) is 74.2 cm³/mol. The van der Waals surface area contributed by atoms with Crippen molar-refractivity contribution in [1.29, 1.82) is 0 Å². The Hall–Kier alpha value is -0.820. The Bertz CT molecular complexity index is 350. The third-order valence-corrected chi connectivity index (χ3v) is 3.85. The lowest BCUT2D eigenvalue weighted by atomic mass is 9.82. The van der Waals surface area contributed by atoms with Gasteiger partial charge in [-0.1, -0.05) is 58.0 Å². The number of hydrogen-bond donors (Lipinski definition) is 1. The van der Waals surface area contributed by atoms with E-state index < -0.39 is 0 Å². The van der Waals surface area contributed by atoms with Crippen LogP contribution in [0, 0.1) is 11.3 Å². The largest absolute Gasteiger partial charge is 0.313 e. The molecule has 0 bridgehead atoms. The molecule has 1 aliphatic rings. The fraction of sp³-hybridized carbons (Fsp3) is 0.625. The molecule has 0 radical (unpaired) electrons. The Kier molecular flexibility index (Phi) is 3.58. The highest BCUT2D eigenvalue weighted by molar-refractivity contribution is 5.27. The molecule has 1 saturated carbocycles. The summed E-state index contributed by atoms with van der Waals surface area (Å²) < 4.78 is 0. The van der Waals surface area contributed by atoms with E-state index in [1.165, 1.54) is 12.0 Å². The number of rotatable bonds is 4. The summed E-state index contributed by atoms with van der Waals surface area (Å²) in [6.07, 6.45) is 1.35. The minimum absolute atomic E-state index is 0.351. The molecule has 1 heteroatoms. The first-order chi connectivity index (χ1) is 8.04. The van der Waals surface area contributed by atoms with Crippen LogP contribution in [0.2, 0.25) is 0 Å². The quantitative estimate of drug-likeness (QED) is 0.831. The van der Waals surface area contributed by atoms with Crippen LogP contribution in [0.15, 0.2) is 30.3 Å². The molecule has 0 saturated heterocycles. The molecule has 2 rings (SSSR count). The zero-order valence-electron chi connectivity index (χ0n) is 11.5. The van der Waals surface area contributed by atoms with Crippen molar-refractivity contribution < 1.29 is 0 Å². The van der Waals surface area contributed by atoms with E-state index >= 15 is 0 Å². The lowest BCUT2D eigenvalue weighted by Crippen LogP contribution is -2.42. The van der Waals surface area contributed by atoms with Crippen molar-refractivity contribution in [3.05, 3.63) is 35.9 Å². The third-order valence-electron chi connectivity index (χ3n) is 3.85. The number of benzene rings is 1. The zero-order valence-corrected chi connectivity index (χ0v) is 11.5. The minimum Gasteiger partial charge on any atom is -0.313 e. The summed E-state index contributed by atoms with van der Waals surface area (Å²) >= 11 is 0. The van der Waals surface area contributed by atoms with Crippen LogP contribution >= 0.6 is 0 Å². The summed E-state index contributed by atoms with van der Waals surface area (Å²) in [6, 6.07) is 11.6. The van der Waals surface area contributed by atoms with Crippen molar-refractivity contribution in [3.63, 3.8) is 0 Å². The molecule has 1 N–H and O–H groups in total. The van der Waals surface area contributed by atoms with E-state index in [0.717, 1.165) is 18.4 Å². The highest BCUT2D eigenvalue weighted by Gasteiger charge is 2.47.